The van der Waals surface area contributed by atoms with Crippen LogP contribution in [0.2, 0.25) is 0 Å². The molecule has 128 valence electrons. The molecular formula is C17H23N5O2. The van der Waals surface area contributed by atoms with E-state index in [0.717, 1.165) is 38.2 Å². The first-order chi connectivity index (χ1) is 11.8. The number of likely N-dealkylation sites (N-methyl/N-ethyl adjacent to an activating group) is 1. The van der Waals surface area contributed by atoms with Gasteiger partial charge in [-0.1, -0.05) is 19.1 Å². The Bertz CT molecular complexity index is 642. The number of H-pyrrole nitrogens is 1. The molecule has 1 saturated heterocycles. The van der Waals surface area contributed by atoms with Crippen molar-refractivity contribution in [2.24, 2.45) is 0 Å². The number of rotatable bonds is 6. The smallest absolute Gasteiger partial charge is 0.251 e. The lowest BCUT2D eigenvalue weighted by Crippen LogP contribution is -2.43. The molecule has 2 aromatic rings. The zero-order valence-corrected chi connectivity index (χ0v) is 13.9. The van der Waals surface area contributed by atoms with Crippen LogP contribution < -0.4 is 5.32 Å². The number of carbonyl (C=O) groups excluding carboxylic acids is 1. The highest BCUT2D eigenvalue weighted by atomic mass is 16.5. The van der Waals surface area contributed by atoms with Gasteiger partial charge in [-0.2, -0.15) is 5.10 Å². The summed E-state index contributed by atoms with van der Waals surface area (Å²) in [7, 11) is 0. The van der Waals surface area contributed by atoms with Crippen LogP contribution in [-0.2, 0) is 4.74 Å². The van der Waals surface area contributed by atoms with E-state index >= 15 is 0 Å². The summed E-state index contributed by atoms with van der Waals surface area (Å²) >= 11 is 0. The van der Waals surface area contributed by atoms with Crippen molar-refractivity contribution < 1.29 is 9.53 Å². The Morgan fingerprint density at radius 3 is 2.96 bits per heavy atom. The monoisotopic (exact) mass is 329 g/mol. The second kappa shape index (κ2) is 8.03. The Labute approximate surface area is 141 Å². The molecule has 1 amide bonds. The number of aromatic amines is 1. The van der Waals surface area contributed by atoms with Gasteiger partial charge in [-0.05, 0) is 25.1 Å². The van der Waals surface area contributed by atoms with Crippen molar-refractivity contribution in [1.82, 2.24) is 25.4 Å². The first-order valence-electron chi connectivity index (χ1n) is 8.34. The normalized spacial score (nSPS) is 18.5. The molecule has 0 aliphatic carbocycles. The lowest BCUT2D eigenvalue weighted by atomic mass is 10.1. The second-order valence-corrected chi connectivity index (χ2v) is 5.84. The van der Waals surface area contributed by atoms with Crippen molar-refractivity contribution >= 4 is 5.91 Å². The SMILES string of the molecule is CCN1CCOC(CCNC(=O)c2ccc(-c3ncn[nH]3)cc2)C1. The molecule has 7 nitrogen and oxygen atoms in total. The third kappa shape index (κ3) is 4.18. The fourth-order valence-electron chi connectivity index (χ4n) is 2.82. The van der Waals surface area contributed by atoms with Gasteiger partial charge in [0.25, 0.3) is 5.91 Å². The minimum Gasteiger partial charge on any atom is -0.375 e. The Morgan fingerprint density at radius 2 is 2.25 bits per heavy atom. The number of benzene rings is 1. The number of amides is 1. The molecule has 2 N–H and O–H groups in total. The fourth-order valence-corrected chi connectivity index (χ4v) is 2.82. The predicted molar refractivity (Wildman–Crippen MR) is 90.6 cm³/mol. The van der Waals surface area contributed by atoms with Gasteiger partial charge in [-0.25, -0.2) is 4.98 Å². The highest BCUT2D eigenvalue weighted by Crippen LogP contribution is 2.14. The van der Waals surface area contributed by atoms with Gasteiger partial charge >= 0.3 is 0 Å². The molecule has 1 aromatic carbocycles. The van der Waals surface area contributed by atoms with Crippen LogP contribution in [0.3, 0.4) is 0 Å². The summed E-state index contributed by atoms with van der Waals surface area (Å²) in [5.41, 5.74) is 1.54. The number of morpholine rings is 1. The summed E-state index contributed by atoms with van der Waals surface area (Å²) in [5.74, 6) is 0.624. The van der Waals surface area contributed by atoms with E-state index in [1.165, 1.54) is 6.33 Å². The molecule has 0 spiro atoms. The molecule has 24 heavy (non-hydrogen) atoms. The number of nitrogens with one attached hydrogen (secondary N) is 2. The summed E-state index contributed by atoms with van der Waals surface area (Å²) in [6, 6.07) is 7.31. The third-order valence-corrected chi connectivity index (χ3v) is 4.26. The van der Waals surface area contributed by atoms with Crippen molar-refractivity contribution in [2.75, 3.05) is 32.8 Å². The Kier molecular flexibility index (Phi) is 5.55. The second-order valence-electron chi connectivity index (χ2n) is 5.84. The average Bonchev–Trinajstić information content (AvgIpc) is 3.16. The van der Waals surface area contributed by atoms with Crippen molar-refractivity contribution in [3.63, 3.8) is 0 Å². The third-order valence-electron chi connectivity index (χ3n) is 4.26. The average molecular weight is 329 g/mol. The van der Waals surface area contributed by atoms with Gasteiger partial charge < -0.3 is 10.1 Å². The molecular weight excluding hydrogens is 306 g/mol. The Balaban J connectivity index is 1.46. The molecule has 0 radical (unpaired) electrons. The predicted octanol–water partition coefficient (Wildman–Crippen LogP) is 1.31. The van der Waals surface area contributed by atoms with Gasteiger partial charge in [0.15, 0.2) is 5.82 Å². The van der Waals surface area contributed by atoms with E-state index in [2.05, 4.69) is 32.3 Å². The van der Waals surface area contributed by atoms with E-state index in [9.17, 15) is 4.79 Å². The highest BCUT2D eigenvalue weighted by molar-refractivity contribution is 5.94. The van der Waals surface area contributed by atoms with E-state index in [0.29, 0.717) is 17.9 Å². The van der Waals surface area contributed by atoms with Gasteiger partial charge in [0.05, 0.1) is 12.7 Å². The molecule has 1 atom stereocenters. The van der Waals surface area contributed by atoms with Crippen LogP contribution in [0.4, 0.5) is 0 Å². The zero-order valence-electron chi connectivity index (χ0n) is 13.9. The summed E-state index contributed by atoms with van der Waals surface area (Å²) in [6.07, 6.45) is 2.49. The van der Waals surface area contributed by atoms with E-state index in [4.69, 9.17) is 4.74 Å². The van der Waals surface area contributed by atoms with Crippen LogP contribution in [0.5, 0.6) is 0 Å². The largest absolute Gasteiger partial charge is 0.375 e. The van der Waals surface area contributed by atoms with Crippen molar-refractivity contribution in [2.45, 2.75) is 19.4 Å². The van der Waals surface area contributed by atoms with Crippen LogP contribution >= 0.6 is 0 Å². The van der Waals surface area contributed by atoms with E-state index < -0.39 is 0 Å². The molecule has 3 rings (SSSR count). The van der Waals surface area contributed by atoms with Gasteiger partial charge in [0.1, 0.15) is 6.33 Å². The fraction of sp³-hybridized carbons (Fsp3) is 0.471. The minimum absolute atomic E-state index is 0.0673. The molecule has 7 heteroatoms. The first kappa shape index (κ1) is 16.6. The van der Waals surface area contributed by atoms with Gasteiger partial charge in [-0.3, -0.25) is 14.8 Å². The lowest BCUT2D eigenvalue weighted by Gasteiger charge is -2.32. The highest BCUT2D eigenvalue weighted by Gasteiger charge is 2.19. The summed E-state index contributed by atoms with van der Waals surface area (Å²) in [6.45, 7) is 6.53. The molecule has 0 bridgehead atoms. The van der Waals surface area contributed by atoms with Crippen LogP contribution in [0.15, 0.2) is 30.6 Å². The maximum absolute atomic E-state index is 12.2. The maximum atomic E-state index is 12.2. The Morgan fingerprint density at radius 1 is 1.42 bits per heavy atom. The zero-order chi connectivity index (χ0) is 16.8. The summed E-state index contributed by atoms with van der Waals surface area (Å²) < 4.78 is 5.75. The van der Waals surface area contributed by atoms with Crippen molar-refractivity contribution in [1.29, 1.82) is 0 Å². The van der Waals surface area contributed by atoms with Crippen molar-refractivity contribution in [3.8, 4) is 11.4 Å². The number of aromatic nitrogens is 3. The lowest BCUT2D eigenvalue weighted by molar-refractivity contribution is -0.0296. The first-order valence-corrected chi connectivity index (χ1v) is 8.34. The molecule has 1 aliphatic heterocycles. The van der Waals surface area contributed by atoms with Crippen LogP contribution in [0.1, 0.15) is 23.7 Å². The summed E-state index contributed by atoms with van der Waals surface area (Å²) in [4.78, 5) is 18.7. The molecule has 1 aromatic heterocycles. The van der Waals surface area contributed by atoms with Crippen molar-refractivity contribution in [3.05, 3.63) is 36.2 Å². The number of hydrogen-bond donors (Lipinski definition) is 2. The summed E-state index contributed by atoms with van der Waals surface area (Å²) in [5, 5.41) is 9.58. The standard InChI is InChI=1S/C17H23N5O2/c1-2-22-9-10-24-15(11-22)7-8-18-17(23)14-5-3-13(4-6-14)16-19-12-20-21-16/h3-6,12,15H,2,7-11H2,1H3,(H,18,23)(H,19,20,21). The topological polar surface area (TPSA) is 83.1 Å². The molecule has 2 heterocycles. The van der Waals surface area contributed by atoms with Crippen LogP contribution in [0.25, 0.3) is 11.4 Å². The van der Waals surface area contributed by atoms with E-state index in [1.807, 2.05) is 12.1 Å². The number of nitrogens with zero attached hydrogens (tertiary/aromatic N) is 3. The molecule has 1 fully saturated rings. The number of carbonyl (C=O) groups is 1. The quantitative estimate of drug-likeness (QED) is 0.835. The minimum atomic E-state index is -0.0673. The van der Waals surface area contributed by atoms with Gasteiger partial charge in [0.2, 0.25) is 0 Å². The maximum Gasteiger partial charge on any atom is 0.251 e. The molecule has 1 aliphatic rings. The van der Waals surface area contributed by atoms with Gasteiger partial charge in [-0.15, -0.1) is 0 Å². The van der Waals surface area contributed by atoms with Crippen LogP contribution in [0, 0.1) is 0 Å². The number of hydrogen-bond acceptors (Lipinski definition) is 5. The van der Waals surface area contributed by atoms with E-state index in [-0.39, 0.29) is 12.0 Å². The van der Waals surface area contributed by atoms with Crippen LogP contribution in [-0.4, -0.2) is 64.9 Å². The van der Waals surface area contributed by atoms with Gasteiger partial charge in [0, 0.05) is 30.8 Å². The van der Waals surface area contributed by atoms with E-state index in [1.54, 1.807) is 12.1 Å². The molecule has 1 unspecified atom stereocenters. The molecule has 0 saturated carbocycles. The number of ether oxygens (including phenoxy) is 1. The Hall–Kier alpha value is -2.25.